The zero-order chi connectivity index (χ0) is 12.7. The molecule has 0 fully saturated rings. The fourth-order valence-electron chi connectivity index (χ4n) is 1.46. The highest BCUT2D eigenvalue weighted by atomic mass is 19.4. The second kappa shape index (κ2) is 6.66. The first-order valence-electron chi connectivity index (χ1n) is 5.34. The van der Waals surface area contributed by atoms with Gasteiger partial charge >= 0.3 is 6.18 Å². The molecule has 0 spiro atoms. The number of rotatable bonds is 7. The minimum atomic E-state index is -4.25. The summed E-state index contributed by atoms with van der Waals surface area (Å²) in [6, 6.07) is 1.92. The van der Waals surface area contributed by atoms with E-state index in [9.17, 15) is 13.2 Å². The molecule has 1 atom stereocenters. The maximum absolute atomic E-state index is 11.8. The lowest BCUT2D eigenvalue weighted by Crippen LogP contribution is -2.29. The molecule has 1 rings (SSSR count). The van der Waals surface area contributed by atoms with Crippen molar-refractivity contribution >= 4 is 0 Å². The Balaban J connectivity index is 2.19. The van der Waals surface area contributed by atoms with Crippen LogP contribution in [0, 0.1) is 0 Å². The third-order valence-corrected chi connectivity index (χ3v) is 2.35. The molecule has 1 heterocycles. The highest BCUT2D eigenvalue weighted by Crippen LogP contribution is 2.14. The van der Waals surface area contributed by atoms with Gasteiger partial charge < -0.3 is 14.5 Å². The lowest BCUT2D eigenvalue weighted by molar-refractivity contribution is -0.174. The smallest absolute Gasteiger partial charge is 0.411 e. The minimum absolute atomic E-state index is 0.0841. The van der Waals surface area contributed by atoms with Gasteiger partial charge in [0.05, 0.1) is 12.5 Å². The van der Waals surface area contributed by atoms with E-state index in [-0.39, 0.29) is 12.6 Å². The first kappa shape index (κ1) is 14.1. The van der Waals surface area contributed by atoms with Gasteiger partial charge in [-0.15, -0.1) is 0 Å². The van der Waals surface area contributed by atoms with E-state index in [0.717, 1.165) is 5.56 Å². The van der Waals surface area contributed by atoms with E-state index in [1.165, 1.54) is 0 Å². The van der Waals surface area contributed by atoms with Gasteiger partial charge in [0.2, 0.25) is 0 Å². The van der Waals surface area contributed by atoms with Crippen molar-refractivity contribution < 1.29 is 22.3 Å². The topological polar surface area (TPSA) is 34.4 Å². The standard InChI is InChI=1S/C11H16F3NO2/c1-15-10(6-9-2-4-16-7-9)3-5-17-8-11(12,13)14/h2,4,7,10,15H,3,5-6,8H2,1H3. The van der Waals surface area contributed by atoms with E-state index >= 15 is 0 Å². The Morgan fingerprint density at radius 1 is 1.47 bits per heavy atom. The van der Waals surface area contributed by atoms with Crippen LogP contribution in [0.1, 0.15) is 12.0 Å². The average Bonchev–Trinajstić information content (AvgIpc) is 2.73. The van der Waals surface area contributed by atoms with E-state index in [0.29, 0.717) is 12.8 Å². The Labute approximate surface area is 97.9 Å². The number of alkyl halides is 3. The van der Waals surface area contributed by atoms with E-state index in [1.807, 2.05) is 6.07 Å². The van der Waals surface area contributed by atoms with Crippen LogP contribution in [0.15, 0.2) is 23.0 Å². The van der Waals surface area contributed by atoms with Crippen LogP contribution < -0.4 is 5.32 Å². The van der Waals surface area contributed by atoms with Gasteiger partial charge in [-0.3, -0.25) is 0 Å². The van der Waals surface area contributed by atoms with Crippen molar-refractivity contribution in [3.63, 3.8) is 0 Å². The molecule has 0 saturated carbocycles. The molecule has 0 saturated heterocycles. The molecule has 0 aliphatic rings. The van der Waals surface area contributed by atoms with Crippen molar-refractivity contribution in [1.82, 2.24) is 5.32 Å². The highest BCUT2D eigenvalue weighted by molar-refractivity contribution is 5.07. The molecule has 3 nitrogen and oxygen atoms in total. The van der Waals surface area contributed by atoms with E-state index in [2.05, 4.69) is 10.1 Å². The molecule has 1 aromatic rings. The Morgan fingerprint density at radius 3 is 2.76 bits per heavy atom. The Kier molecular flexibility index (Phi) is 5.50. The third kappa shape index (κ3) is 6.33. The summed E-state index contributed by atoms with van der Waals surface area (Å²) in [5.41, 5.74) is 1.01. The van der Waals surface area contributed by atoms with Crippen LogP contribution in [0.4, 0.5) is 13.2 Å². The van der Waals surface area contributed by atoms with Crippen LogP contribution in [0.2, 0.25) is 0 Å². The number of nitrogens with one attached hydrogen (secondary N) is 1. The second-order valence-electron chi connectivity index (χ2n) is 3.78. The average molecular weight is 251 g/mol. The summed E-state index contributed by atoms with van der Waals surface area (Å²) in [7, 11) is 1.77. The molecule has 6 heteroatoms. The summed E-state index contributed by atoms with van der Waals surface area (Å²) in [5.74, 6) is 0. The van der Waals surface area contributed by atoms with E-state index in [1.54, 1.807) is 19.6 Å². The molecule has 0 bridgehead atoms. The van der Waals surface area contributed by atoms with Gasteiger partial charge in [-0.25, -0.2) is 0 Å². The summed E-state index contributed by atoms with van der Waals surface area (Å²) >= 11 is 0. The monoisotopic (exact) mass is 251 g/mol. The predicted molar refractivity (Wildman–Crippen MR) is 56.8 cm³/mol. The molecule has 0 radical (unpaired) electrons. The van der Waals surface area contributed by atoms with E-state index < -0.39 is 12.8 Å². The summed E-state index contributed by atoms with van der Waals surface area (Å²) in [4.78, 5) is 0. The van der Waals surface area contributed by atoms with Gasteiger partial charge in [0.15, 0.2) is 0 Å². The molecule has 0 aliphatic carbocycles. The molecule has 98 valence electrons. The van der Waals surface area contributed by atoms with Crippen LogP contribution in [-0.2, 0) is 11.2 Å². The molecule has 1 unspecified atom stereocenters. The molecular formula is C11H16F3NO2. The summed E-state index contributed by atoms with van der Waals surface area (Å²) in [6.07, 6.45) is 0.183. The fraction of sp³-hybridized carbons (Fsp3) is 0.636. The number of likely N-dealkylation sites (N-methyl/N-ethyl adjacent to an activating group) is 1. The normalized spacial score (nSPS) is 13.9. The molecule has 0 aliphatic heterocycles. The van der Waals surface area contributed by atoms with Gasteiger partial charge in [-0.2, -0.15) is 13.2 Å². The summed E-state index contributed by atoms with van der Waals surface area (Å²) in [5, 5.41) is 3.04. The maximum Gasteiger partial charge on any atom is 0.411 e. The molecule has 1 aromatic heterocycles. The number of halogens is 3. The van der Waals surface area contributed by atoms with E-state index in [4.69, 9.17) is 4.42 Å². The molecule has 0 amide bonds. The lowest BCUT2D eigenvalue weighted by atomic mass is 10.1. The Bertz CT molecular complexity index is 298. The number of hydrogen-bond acceptors (Lipinski definition) is 3. The number of ether oxygens (including phenoxy) is 1. The SMILES string of the molecule is CNC(CCOCC(F)(F)F)Cc1ccoc1. The van der Waals surface area contributed by atoms with Crippen molar-refractivity contribution in [1.29, 1.82) is 0 Å². The minimum Gasteiger partial charge on any atom is -0.472 e. The van der Waals surface area contributed by atoms with Crippen LogP contribution in [0.3, 0.4) is 0 Å². The molecule has 0 aromatic carbocycles. The van der Waals surface area contributed by atoms with Crippen LogP contribution in [0.5, 0.6) is 0 Å². The Morgan fingerprint density at radius 2 is 2.24 bits per heavy atom. The van der Waals surface area contributed by atoms with Crippen LogP contribution in [0.25, 0.3) is 0 Å². The zero-order valence-electron chi connectivity index (χ0n) is 9.59. The molecule has 17 heavy (non-hydrogen) atoms. The van der Waals surface area contributed by atoms with Gasteiger partial charge in [0.1, 0.15) is 6.61 Å². The molecule has 1 N–H and O–H groups in total. The summed E-state index contributed by atoms with van der Waals surface area (Å²) < 4.78 is 44.9. The van der Waals surface area contributed by atoms with Gasteiger partial charge in [-0.05, 0) is 31.5 Å². The quantitative estimate of drug-likeness (QED) is 0.755. The fourth-order valence-corrected chi connectivity index (χ4v) is 1.46. The lowest BCUT2D eigenvalue weighted by Gasteiger charge is -2.15. The van der Waals surface area contributed by atoms with Gasteiger partial charge in [0, 0.05) is 12.6 Å². The maximum atomic E-state index is 11.8. The van der Waals surface area contributed by atoms with Crippen molar-refractivity contribution in [2.45, 2.75) is 25.1 Å². The first-order valence-corrected chi connectivity index (χ1v) is 5.34. The predicted octanol–water partition coefficient (Wildman–Crippen LogP) is 2.38. The van der Waals surface area contributed by atoms with Crippen molar-refractivity contribution in [2.75, 3.05) is 20.3 Å². The molecular weight excluding hydrogens is 235 g/mol. The van der Waals surface area contributed by atoms with Crippen molar-refractivity contribution in [3.8, 4) is 0 Å². The second-order valence-corrected chi connectivity index (χ2v) is 3.78. The first-order chi connectivity index (χ1) is 8.01. The third-order valence-electron chi connectivity index (χ3n) is 2.35. The number of hydrogen-bond donors (Lipinski definition) is 1. The zero-order valence-corrected chi connectivity index (χ0v) is 9.59. The van der Waals surface area contributed by atoms with Gasteiger partial charge in [-0.1, -0.05) is 0 Å². The largest absolute Gasteiger partial charge is 0.472 e. The number of furan rings is 1. The van der Waals surface area contributed by atoms with Crippen LogP contribution in [-0.4, -0.2) is 32.5 Å². The van der Waals surface area contributed by atoms with Crippen molar-refractivity contribution in [3.05, 3.63) is 24.2 Å². The highest BCUT2D eigenvalue weighted by Gasteiger charge is 2.27. The van der Waals surface area contributed by atoms with Crippen molar-refractivity contribution in [2.24, 2.45) is 0 Å². The van der Waals surface area contributed by atoms with Gasteiger partial charge in [0.25, 0.3) is 0 Å². The van der Waals surface area contributed by atoms with Crippen LogP contribution >= 0.6 is 0 Å². The summed E-state index contributed by atoms with van der Waals surface area (Å²) in [6.45, 7) is -1.10. The Hall–Kier alpha value is -1.01.